The number of benzene rings is 1. The van der Waals surface area contributed by atoms with Crippen LogP contribution in [0.3, 0.4) is 0 Å². The number of nitrogens with zero attached hydrogens (tertiary/aromatic N) is 3. The maximum Gasteiger partial charge on any atom is 0.222 e. The molecule has 5 heteroatoms. The lowest BCUT2D eigenvalue weighted by molar-refractivity contribution is 0.0342. The Morgan fingerprint density at radius 2 is 2.05 bits per heavy atom. The minimum absolute atomic E-state index is 0.200. The number of para-hydroxylation sites is 1. The normalized spacial score (nSPS) is 23.8. The zero-order valence-electron chi connectivity index (χ0n) is 11.2. The molecule has 1 aliphatic heterocycles. The highest BCUT2D eigenvalue weighted by Crippen LogP contribution is 2.28. The number of nitrogens with two attached hydrogens (primary N) is 1. The monoisotopic (exact) mass is 258 g/mol. The van der Waals surface area contributed by atoms with Gasteiger partial charge in [-0.15, -0.1) is 0 Å². The molecule has 0 bridgehead atoms. The Kier molecular flexibility index (Phi) is 2.98. The van der Waals surface area contributed by atoms with E-state index in [0.29, 0.717) is 12.6 Å². The van der Waals surface area contributed by atoms with Gasteiger partial charge in [0.25, 0.3) is 0 Å². The Labute approximate surface area is 112 Å². The van der Waals surface area contributed by atoms with Gasteiger partial charge >= 0.3 is 0 Å². The maximum atomic E-state index is 5.83. The first-order chi connectivity index (χ1) is 9.15. The van der Waals surface area contributed by atoms with E-state index in [0.717, 1.165) is 23.3 Å². The van der Waals surface area contributed by atoms with Crippen LogP contribution in [-0.4, -0.2) is 35.3 Å². The molecule has 0 spiro atoms. The van der Waals surface area contributed by atoms with Gasteiger partial charge in [0.05, 0.1) is 24.3 Å². The molecule has 0 saturated carbocycles. The largest absolute Gasteiger partial charge is 0.375 e. The van der Waals surface area contributed by atoms with Gasteiger partial charge in [-0.05, 0) is 26.0 Å². The van der Waals surface area contributed by atoms with E-state index in [9.17, 15) is 0 Å². The van der Waals surface area contributed by atoms with Crippen LogP contribution < -0.4 is 10.6 Å². The van der Waals surface area contributed by atoms with Crippen molar-refractivity contribution in [1.82, 2.24) is 9.97 Å². The van der Waals surface area contributed by atoms with Gasteiger partial charge in [-0.25, -0.2) is 4.98 Å². The zero-order valence-corrected chi connectivity index (χ0v) is 11.2. The first kappa shape index (κ1) is 12.2. The molecule has 5 nitrogen and oxygen atoms in total. The van der Waals surface area contributed by atoms with Gasteiger partial charge in [0.15, 0.2) is 0 Å². The van der Waals surface area contributed by atoms with E-state index in [-0.39, 0.29) is 12.1 Å². The third-order valence-electron chi connectivity index (χ3n) is 3.48. The van der Waals surface area contributed by atoms with Crippen molar-refractivity contribution in [3.63, 3.8) is 0 Å². The number of aromatic nitrogens is 2. The number of nitrogen functional groups attached to an aromatic ring is 1. The van der Waals surface area contributed by atoms with E-state index in [1.807, 2.05) is 24.3 Å². The van der Waals surface area contributed by atoms with Crippen LogP contribution in [0.5, 0.6) is 0 Å². The summed E-state index contributed by atoms with van der Waals surface area (Å²) in [4.78, 5) is 11.0. The number of rotatable bonds is 1. The highest BCUT2D eigenvalue weighted by molar-refractivity contribution is 5.90. The van der Waals surface area contributed by atoms with Crippen molar-refractivity contribution in [2.75, 3.05) is 23.8 Å². The summed E-state index contributed by atoms with van der Waals surface area (Å²) >= 11 is 0. The number of anilines is 2. The van der Waals surface area contributed by atoms with Crippen molar-refractivity contribution in [2.45, 2.75) is 26.0 Å². The molecule has 3 rings (SSSR count). The third-order valence-corrected chi connectivity index (χ3v) is 3.48. The number of morpholine rings is 1. The molecule has 100 valence electrons. The fraction of sp³-hybridized carbons (Fsp3) is 0.429. The molecule has 2 unspecified atom stereocenters. The molecular weight excluding hydrogens is 240 g/mol. The van der Waals surface area contributed by atoms with Gasteiger partial charge in [-0.2, -0.15) is 4.98 Å². The summed E-state index contributed by atoms with van der Waals surface area (Å²) in [5.41, 5.74) is 6.72. The van der Waals surface area contributed by atoms with E-state index in [2.05, 4.69) is 28.7 Å². The van der Waals surface area contributed by atoms with Crippen molar-refractivity contribution in [1.29, 1.82) is 0 Å². The minimum atomic E-state index is 0.200. The third kappa shape index (κ3) is 2.21. The van der Waals surface area contributed by atoms with Gasteiger partial charge in [0.1, 0.15) is 5.82 Å². The zero-order chi connectivity index (χ0) is 13.4. The van der Waals surface area contributed by atoms with Crippen LogP contribution in [-0.2, 0) is 4.74 Å². The molecule has 1 fully saturated rings. The van der Waals surface area contributed by atoms with Crippen molar-refractivity contribution in [3.05, 3.63) is 24.3 Å². The van der Waals surface area contributed by atoms with Crippen LogP contribution in [0.15, 0.2) is 24.3 Å². The van der Waals surface area contributed by atoms with Crippen molar-refractivity contribution in [2.24, 2.45) is 0 Å². The first-order valence-electron chi connectivity index (χ1n) is 6.55. The SMILES string of the molecule is CC1CN(c2nc(N)nc3ccccc23)C(C)CO1. The minimum Gasteiger partial charge on any atom is -0.375 e. The van der Waals surface area contributed by atoms with Crippen LogP contribution in [0.4, 0.5) is 11.8 Å². The summed E-state index contributed by atoms with van der Waals surface area (Å²) < 4.78 is 5.67. The van der Waals surface area contributed by atoms with E-state index in [4.69, 9.17) is 10.5 Å². The first-order valence-corrected chi connectivity index (χ1v) is 6.55. The Morgan fingerprint density at radius 3 is 2.89 bits per heavy atom. The molecule has 1 aromatic carbocycles. The summed E-state index contributed by atoms with van der Waals surface area (Å²) in [6.07, 6.45) is 0.200. The maximum absolute atomic E-state index is 5.83. The Balaban J connectivity index is 2.13. The van der Waals surface area contributed by atoms with Crippen molar-refractivity contribution >= 4 is 22.7 Å². The summed E-state index contributed by atoms with van der Waals surface area (Å²) in [5.74, 6) is 1.23. The quantitative estimate of drug-likeness (QED) is 0.845. The summed E-state index contributed by atoms with van der Waals surface area (Å²) in [7, 11) is 0. The fourth-order valence-corrected chi connectivity index (χ4v) is 2.49. The average molecular weight is 258 g/mol. The van der Waals surface area contributed by atoms with Gasteiger partial charge < -0.3 is 15.4 Å². The second kappa shape index (κ2) is 4.66. The van der Waals surface area contributed by atoms with Crippen LogP contribution in [0.2, 0.25) is 0 Å². The lowest BCUT2D eigenvalue weighted by Crippen LogP contribution is -2.48. The Bertz CT molecular complexity index is 601. The van der Waals surface area contributed by atoms with Crippen LogP contribution in [0.1, 0.15) is 13.8 Å². The smallest absolute Gasteiger partial charge is 0.222 e. The van der Waals surface area contributed by atoms with E-state index in [1.165, 1.54) is 0 Å². The lowest BCUT2D eigenvalue weighted by Gasteiger charge is -2.38. The number of hydrogen-bond donors (Lipinski definition) is 1. The van der Waals surface area contributed by atoms with E-state index in [1.54, 1.807) is 0 Å². The fourth-order valence-electron chi connectivity index (χ4n) is 2.49. The molecule has 0 amide bonds. The number of hydrogen-bond acceptors (Lipinski definition) is 5. The molecule has 0 aliphatic carbocycles. The standard InChI is InChI=1S/C14H18N4O/c1-9-8-19-10(2)7-18(9)13-11-5-3-4-6-12(11)16-14(15)17-13/h3-6,9-10H,7-8H2,1-2H3,(H2,15,16,17). The van der Waals surface area contributed by atoms with Gasteiger partial charge in [0.2, 0.25) is 5.95 Å². The Morgan fingerprint density at radius 1 is 1.26 bits per heavy atom. The van der Waals surface area contributed by atoms with Gasteiger partial charge in [-0.3, -0.25) is 0 Å². The number of ether oxygens (including phenoxy) is 1. The molecule has 19 heavy (non-hydrogen) atoms. The molecule has 2 atom stereocenters. The van der Waals surface area contributed by atoms with Gasteiger partial charge in [-0.1, -0.05) is 12.1 Å². The molecule has 2 heterocycles. The molecule has 1 aromatic heterocycles. The second-order valence-corrected chi connectivity index (χ2v) is 5.07. The molecule has 0 radical (unpaired) electrons. The van der Waals surface area contributed by atoms with Crippen LogP contribution >= 0.6 is 0 Å². The molecule has 2 aromatic rings. The average Bonchev–Trinajstić information content (AvgIpc) is 2.40. The topological polar surface area (TPSA) is 64.3 Å². The van der Waals surface area contributed by atoms with Crippen LogP contribution in [0, 0.1) is 0 Å². The molecule has 1 aliphatic rings. The second-order valence-electron chi connectivity index (χ2n) is 5.07. The summed E-state index contributed by atoms with van der Waals surface area (Å²) in [5, 5.41) is 1.04. The lowest BCUT2D eigenvalue weighted by atomic mass is 10.1. The highest BCUT2D eigenvalue weighted by Gasteiger charge is 2.26. The highest BCUT2D eigenvalue weighted by atomic mass is 16.5. The molecule has 1 saturated heterocycles. The summed E-state index contributed by atoms with van der Waals surface area (Å²) in [6, 6.07) is 8.25. The summed E-state index contributed by atoms with van der Waals surface area (Å²) in [6.45, 7) is 5.74. The van der Waals surface area contributed by atoms with Crippen molar-refractivity contribution in [3.8, 4) is 0 Å². The van der Waals surface area contributed by atoms with E-state index >= 15 is 0 Å². The van der Waals surface area contributed by atoms with Crippen LogP contribution in [0.25, 0.3) is 10.9 Å². The Hall–Kier alpha value is -1.88. The predicted octanol–water partition coefficient (Wildman–Crippen LogP) is 1.83. The molecule has 2 N–H and O–H groups in total. The van der Waals surface area contributed by atoms with Gasteiger partial charge in [0, 0.05) is 11.9 Å². The van der Waals surface area contributed by atoms with E-state index < -0.39 is 0 Å². The predicted molar refractivity (Wildman–Crippen MR) is 76.2 cm³/mol. The van der Waals surface area contributed by atoms with Crippen molar-refractivity contribution < 1.29 is 4.74 Å². The molecular formula is C14H18N4O. The number of fused-ring (bicyclic) bond motifs is 1.